The van der Waals surface area contributed by atoms with Crippen LogP contribution in [0.25, 0.3) is 11.2 Å². The lowest BCUT2D eigenvalue weighted by atomic mass is 10.2. The zero-order valence-electron chi connectivity index (χ0n) is 13.2. The second kappa shape index (κ2) is 6.17. The highest BCUT2D eigenvalue weighted by Crippen LogP contribution is 2.39. The van der Waals surface area contributed by atoms with Gasteiger partial charge in [-0.1, -0.05) is 18.5 Å². The maximum atomic E-state index is 10.5. The molecule has 0 bridgehead atoms. The number of hydrogen-bond donors (Lipinski definition) is 2. The number of rotatable bonds is 3. The van der Waals surface area contributed by atoms with E-state index in [9.17, 15) is 10.2 Å². The number of hydrogen-bond acceptors (Lipinski definition) is 7. The van der Waals surface area contributed by atoms with E-state index >= 15 is 0 Å². The Morgan fingerprint density at radius 3 is 2.68 bits per heavy atom. The molecule has 1 fully saturated rings. The molecular formula is C14H15Cl2N7O2. The summed E-state index contributed by atoms with van der Waals surface area (Å²) in [6.45, 7) is 1.97. The zero-order chi connectivity index (χ0) is 17.7. The molecule has 4 atom stereocenters. The van der Waals surface area contributed by atoms with Crippen LogP contribution in [-0.2, 0) is 6.42 Å². The fourth-order valence-electron chi connectivity index (χ4n) is 3.22. The standard InChI is InChI=1S/C14H15Cl2N7O2/c1-2-6-4-18-23(21-6)8-3-7(10(24)11(8)25)22-5-17-9-12(15)19-14(16)20-13(9)22/h4-5,7-8,10-11,24-25H,2-3H2,1H3/t7-,8+,10+,11-/m1/s1. The third-order valence-corrected chi connectivity index (χ3v) is 4.98. The van der Waals surface area contributed by atoms with E-state index in [1.165, 1.54) is 11.1 Å². The van der Waals surface area contributed by atoms with Gasteiger partial charge in [0, 0.05) is 0 Å². The summed E-state index contributed by atoms with van der Waals surface area (Å²) in [6, 6.07) is -0.923. The molecule has 0 saturated heterocycles. The quantitative estimate of drug-likeness (QED) is 0.515. The first-order valence-electron chi connectivity index (χ1n) is 7.82. The van der Waals surface area contributed by atoms with Gasteiger partial charge in [-0.05, 0) is 24.4 Å². The van der Waals surface area contributed by atoms with E-state index in [0.717, 1.165) is 12.1 Å². The Bertz CT molecular complexity index is 927. The van der Waals surface area contributed by atoms with Crippen molar-refractivity contribution in [2.75, 3.05) is 0 Å². The molecule has 1 saturated carbocycles. The maximum Gasteiger partial charge on any atom is 0.225 e. The molecule has 0 spiro atoms. The second-order valence-electron chi connectivity index (χ2n) is 5.97. The van der Waals surface area contributed by atoms with Gasteiger partial charge >= 0.3 is 0 Å². The molecule has 1 aliphatic carbocycles. The molecule has 0 unspecified atom stereocenters. The van der Waals surface area contributed by atoms with Crippen LogP contribution in [0.4, 0.5) is 0 Å². The summed E-state index contributed by atoms with van der Waals surface area (Å²) in [5.41, 5.74) is 1.62. The van der Waals surface area contributed by atoms with Crippen LogP contribution in [0, 0.1) is 0 Å². The van der Waals surface area contributed by atoms with Gasteiger partial charge in [-0.15, -0.1) is 0 Å². The maximum absolute atomic E-state index is 10.5. The van der Waals surface area contributed by atoms with Gasteiger partial charge in [-0.25, -0.2) is 9.97 Å². The molecule has 4 rings (SSSR count). The lowest BCUT2D eigenvalue weighted by Gasteiger charge is -2.18. The SMILES string of the molecule is CCc1cnn([C@H]2C[C@@H](n3cnc4c(Cl)nc(Cl)nc43)[C@H](O)[C@@H]2O)n1. The lowest BCUT2D eigenvalue weighted by Crippen LogP contribution is -2.31. The highest BCUT2D eigenvalue weighted by atomic mass is 35.5. The van der Waals surface area contributed by atoms with Crippen LogP contribution in [0.3, 0.4) is 0 Å². The Hall–Kier alpha value is -1.81. The summed E-state index contributed by atoms with van der Waals surface area (Å²) in [5, 5.41) is 29.7. The van der Waals surface area contributed by atoms with Crippen LogP contribution in [0.2, 0.25) is 10.4 Å². The van der Waals surface area contributed by atoms with Crippen molar-refractivity contribution < 1.29 is 10.2 Å². The summed E-state index contributed by atoms with van der Waals surface area (Å²) < 4.78 is 1.66. The van der Waals surface area contributed by atoms with Gasteiger partial charge < -0.3 is 14.8 Å². The minimum Gasteiger partial charge on any atom is -0.388 e. The Labute approximate surface area is 152 Å². The van der Waals surface area contributed by atoms with Crippen LogP contribution >= 0.6 is 23.2 Å². The normalized spacial score (nSPS) is 26.6. The third-order valence-electron chi connectivity index (χ3n) is 4.55. The van der Waals surface area contributed by atoms with Gasteiger partial charge in [0.2, 0.25) is 5.28 Å². The van der Waals surface area contributed by atoms with Crippen molar-refractivity contribution in [3.63, 3.8) is 0 Å². The van der Waals surface area contributed by atoms with Crippen LogP contribution < -0.4 is 0 Å². The van der Waals surface area contributed by atoms with E-state index in [0.29, 0.717) is 17.6 Å². The minimum absolute atomic E-state index is 0.00911. The summed E-state index contributed by atoms with van der Waals surface area (Å²) in [5.74, 6) is 0. The first-order chi connectivity index (χ1) is 12.0. The summed E-state index contributed by atoms with van der Waals surface area (Å²) >= 11 is 11.9. The van der Waals surface area contributed by atoms with Crippen molar-refractivity contribution in [1.82, 2.24) is 34.5 Å². The van der Waals surface area contributed by atoms with Gasteiger partial charge in [0.15, 0.2) is 10.8 Å². The Morgan fingerprint density at radius 1 is 1.20 bits per heavy atom. The summed E-state index contributed by atoms with van der Waals surface area (Å²) in [4.78, 5) is 13.7. The first kappa shape index (κ1) is 16.6. The van der Waals surface area contributed by atoms with Crippen molar-refractivity contribution in [3.05, 3.63) is 28.7 Å². The third kappa shape index (κ3) is 2.67. The topological polar surface area (TPSA) is 115 Å². The van der Waals surface area contributed by atoms with E-state index in [2.05, 4.69) is 25.1 Å². The van der Waals surface area contributed by atoms with Crippen LogP contribution in [0.15, 0.2) is 12.5 Å². The van der Waals surface area contributed by atoms with Crippen LogP contribution in [0.1, 0.15) is 31.1 Å². The summed E-state index contributed by atoms with van der Waals surface area (Å²) in [7, 11) is 0. The van der Waals surface area contributed by atoms with Crippen LogP contribution in [0.5, 0.6) is 0 Å². The van der Waals surface area contributed by atoms with Gasteiger partial charge in [0.25, 0.3) is 0 Å². The molecule has 11 heteroatoms. The monoisotopic (exact) mass is 383 g/mol. The molecule has 2 N–H and O–H groups in total. The molecular weight excluding hydrogens is 369 g/mol. The minimum atomic E-state index is -1.04. The van der Waals surface area contributed by atoms with Crippen molar-refractivity contribution in [2.24, 2.45) is 0 Å². The molecule has 0 aromatic carbocycles. The molecule has 0 radical (unpaired) electrons. The number of halogens is 2. The molecule has 132 valence electrons. The van der Waals surface area contributed by atoms with E-state index in [4.69, 9.17) is 23.2 Å². The summed E-state index contributed by atoms with van der Waals surface area (Å²) in [6.07, 6.45) is 2.27. The van der Waals surface area contributed by atoms with Crippen LogP contribution in [-0.4, -0.2) is 56.9 Å². The Morgan fingerprint density at radius 2 is 1.96 bits per heavy atom. The fraction of sp³-hybridized carbons (Fsp3) is 0.500. The number of aliphatic hydroxyl groups excluding tert-OH is 2. The smallest absolute Gasteiger partial charge is 0.225 e. The molecule has 25 heavy (non-hydrogen) atoms. The largest absolute Gasteiger partial charge is 0.388 e. The highest BCUT2D eigenvalue weighted by Gasteiger charge is 2.45. The van der Waals surface area contributed by atoms with Crippen molar-refractivity contribution in [3.8, 4) is 0 Å². The molecule has 3 aromatic rings. The van der Waals surface area contributed by atoms with Gasteiger partial charge in [0.05, 0.1) is 24.3 Å². The number of imidazole rings is 1. The Balaban J connectivity index is 1.72. The molecule has 0 aliphatic heterocycles. The van der Waals surface area contributed by atoms with Crippen molar-refractivity contribution in [2.45, 2.75) is 44.1 Å². The van der Waals surface area contributed by atoms with E-state index in [1.807, 2.05) is 6.92 Å². The molecule has 9 nitrogen and oxygen atoms in total. The van der Waals surface area contributed by atoms with E-state index in [1.54, 1.807) is 10.8 Å². The number of fused-ring (bicyclic) bond motifs is 1. The van der Waals surface area contributed by atoms with Crippen molar-refractivity contribution >= 4 is 34.4 Å². The Kier molecular flexibility index (Phi) is 4.11. The highest BCUT2D eigenvalue weighted by molar-refractivity contribution is 6.35. The van der Waals surface area contributed by atoms with Gasteiger partial charge in [-0.2, -0.15) is 20.0 Å². The first-order valence-corrected chi connectivity index (χ1v) is 8.57. The number of nitrogens with zero attached hydrogens (tertiary/aromatic N) is 7. The van der Waals surface area contributed by atoms with Gasteiger partial charge in [-0.3, -0.25) is 0 Å². The molecule has 3 heterocycles. The number of aliphatic hydroxyl groups is 2. The number of aromatic nitrogens is 7. The van der Waals surface area contributed by atoms with E-state index in [-0.39, 0.29) is 10.4 Å². The predicted octanol–water partition coefficient (Wildman–Crippen LogP) is 1.19. The molecule has 3 aromatic heterocycles. The average molecular weight is 384 g/mol. The molecule has 0 amide bonds. The fourth-order valence-corrected chi connectivity index (χ4v) is 3.64. The number of aryl methyl sites for hydroxylation is 1. The van der Waals surface area contributed by atoms with Gasteiger partial charge in [0.1, 0.15) is 23.8 Å². The van der Waals surface area contributed by atoms with E-state index < -0.39 is 24.3 Å². The second-order valence-corrected chi connectivity index (χ2v) is 6.67. The predicted molar refractivity (Wildman–Crippen MR) is 89.4 cm³/mol. The average Bonchev–Trinajstić information content (AvgIpc) is 3.27. The van der Waals surface area contributed by atoms with Crippen molar-refractivity contribution in [1.29, 1.82) is 0 Å². The lowest BCUT2D eigenvalue weighted by molar-refractivity contribution is 0.00497. The molecule has 1 aliphatic rings. The zero-order valence-corrected chi connectivity index (χ0v) is 14.7.